The first-order valence-electron chi connectivity index (χ1n) is 6.88. The molecule has 0 unspecified atom stereocenters. The van der Waals surface area contributed by atoms with Crippen LogP contribution in [0.4, 0.5) is 0 Å². The summed E-state index contributed by atoms with van der Waals surface area (Å²) in [5, 5.41) is 3.16. The summed E-state index contributed by atoms with van der Waals surface area (Å²) in [5.74, 6) is 0.501. The highest BCUT2D eigenvalue weighted by atomic mass is 16.5. The van der Waals surface area contributed by atoms with Gasteiger partial charge in [-0.1, -0.05) is 31.2 Å². The Bertz CT molecular complexity index is 404. The molecule has 0 bridgehead atoms. The Balaban J connectivity index is 2.63. The van der Waals surface area contributed by atoms with Crippen LogP contribution in [0.25, 0.3) is 0 Å². The van der Waals surface area contributed by atoms with E-state index in [1.165, 1.54) is 5.56 Å². The number of benzene rings is 1. The summed E-state index contributed by atoms with van der Waals surface area (Å²) >= 11 is 0. The fourth-order valence-electron chi connectivity index (χ4n) is 1.64. The minimum atomic E-state index is 0.349. The number of nitrogens with two attached hydrogens (primary N) is 1. The molecule has 4 heteroatoms. The molecule has 1 aromatic carbocycles. The van der Waals surface area contributed by atoms with Crippen LogP contribution in [0.5, 0.6) is 0 Å². The van der Waals surface area contributed by atoms with Gasteiger partial charge in [0.05, 0.1) is 13.2 Å². The van der Waals surface area contributed by atoms with Crippen molar-refractivity contribution in [3.63, 3.8) is 0 Å². The minimum Gasteiger partial charge on any atom is -0.377 e. The maximum atomic E-state index is 5.86. The van der Waals surface area contributed by atoms with Gasteiger partial charge in [-0.2, -0.15) is 0 Å². The van der Waals surface area contributed by atoms with Crippen LogP contribution < -0.4 is 11.1 Å². The summed E-state index contributed by atoms with van der Waals surface area (Å²) in [7, 11) is 0. The van der Waals surface area contributed by atoms with Gasteiger partial charge in [-0.3, -0.25) is 0 Å². The van der Waals surface area contributed by atoms with Gasteiger partial charge in [0.15, 0.2) is 5.96 Å². The van der Waals surface area contributed by atoms with Gasteiger partial charge < -0.3 is 15.8 Å². The summed E-state index contributed by atoms with van der Waals surface area (Å²) in [5.41, 5.74) is 8.18. The van der Waals surface area contributed by atoms with E-state index < -0.39 is 0 Å². The molecule has 0 saturated carbocycles. The van der Waals surface area contributed by atoms with Crippen LogP contribution in [0.3, 0.4) is 0 Å². The number of rotatable bonds is 7. The number of nitrogens with zero attached hydrogens (tertiary/aromatic N) is 1. The number of nitrogens with one attached hydrogen (secondary N) is 1. The maximum absolute atomic E-state index is 5.86. The fourth-order valence-corrected chi connectivity index (χ4v) is 1.64. The summed E-state index contributed by atoms with van der Waals surface area (Å²) in [6.07, 6.45) is 1.02. The number of hydrogen-bond donors (Lipinski definition) is 2. The molecule has 1 rings (SSSR count). The lowest BCUT2D eigenvalue weighted by Crippen LogP contribution is -2.38. The zero-order valence-corrected chi connectivity index (χ0v) is 12.1. The molecule has 19 heavy (non-hydrogen) atoms. The van der Waals surface area contributed by atoms with E-state index in [0.717, 1.165) is 18.6 Å². The van der Waals surface area contributed by atoms with Crippen LogP contribution in [-0.4, -0.2) is 18.6 Å². The Hall–Kier alpha value is -1.55. The first-order chi connectivity index (χ1) is 9.17. The second-order valence-electron chi connectivity index (χ2n) is 4.56. The molecule has 0 aliphatic heterocycles. The molecule has 0 spiro atoms. The largest absolute Gasteiger partial charge is 0.377 e. The van der Waals surface area contributed by atoms with E-state index in [4.69, 9.17) is 10.5 Å². The van der Waals surface area contributed by atoms with Crippen LogP contribution in [0.15, 0.2) is 29.3 Å². The van der Waals surface area contributed by atoms with E-state index in [-0.39, 0.29) is 0 Å². The number of aliphatic imine (C=N–C) groups is 1. The van der Waals surface area contributed by atoms with Crippen molar-refractivity contribution in [3.8, 4) is 0 Å². The number of guanidine groups is 1. The van der Waals surface area contributed by atoms with E-state index in [2.05, 4.69) is 36.3 Å². The predicted octanol–water partition coefficient (Wildman–Crippen LogP) is 2.43. The van der Waals surface area contributed by atoms with Crippen molar-refractivity contribution in [1.82, 2.24) is 5.32 Å². The third-order valence-electron chi connectivity index (χ3n) is 3.01. The van der Waals surface area contributed by atoms with Gasteiger partial charge in [-0.25, -0.2) is 4.99 Å². The quantitative estimate of drug-likeness (QED) is 0.586. The van der Waals surface area contributed by atoms with Crippen LogP contribution in [0.1, 0.15) is 38.3 Å². The SMILES string of the molecule is CCOCc1ccccc1CN=C(N)N[C@H](C)CC. The highest BCUT2D eigenvalue weighted by Crippen LogP contribution is 2.11. The topological polar surface area (TPSA) is 59.6 Å². The molecule has 0 aromatic heterocycles. The smallest absolute Gasteiger partial charge is 0.189 e. The summed E-state index contributed by atoms with van der Waals surface area (Å²) in [4.78, 5) is 4.38. The van der Waals surface area contributed by atoms with E-state index in [9.17, 15) is 0 Å². The summed E-state index contributed by atoms with van der Waals surface area (Å²) in [6.45, 7) is 8.12. The molecule has 0 saturated heterocycles. The Morgan fingerprint density at radius 1 is 1.32 bits per heavy atom. The molecule has 0 heterocycles. The highest BCUT2D eigenvalue weighted by Gasteiger charge is 2.02. The molecule has 1 aromatic rings. The first kappa shape index (κ1) is 15.5. The normalized spacial score (nSPS) is 13.3. The van der Waals surface area contributed by atoms with Crippen molar-refractivity contribution >= 4 is 5.96 Å². The number of ether oxygens (including phenoxy) is 1. The Morgan fingerprint density at radius 3 is 2.63 bits per heavy atom. The molecular formula is C15H25N3O. The third kappa shape index (κ3) is 5.75. The molecule has 0 aliphatic carbocycles. The van der Waals surface area contributed by atoms with Crippen molar-refractivity contribution in [3.05, 3.63) is 35.4 Å². The van der Waals surface area contributed by atoms with Crippen molar-refractivity contribution < 1.29 is 4.74 Å². The fraction of sp³-hybridized carbons (Fsp3) is 0.533. The van der Waals surface area contributed by atoms with Gasteiger partial charge in [0, 0.05) is 12.6 Å². The van der Waals surface area contributed by atoms with Gasteiger partial charge in [-0.05, 0) is 31.4 Å². The molecule has 1 atom stereocenters. The van der Waals surface area contributed by atoms with Gasteiger partial charge in [0.25, 0.3) is 0 Å². The Morgan fingerprint density at radius 2 is 2.00 bits per heavy atom. The Labute approximate surface area is 116 Å². The molecule has 3 N–H and O–H groups in total. The maximum Gasteiger partial charge on any atom is 0.189 e. The molecule has 0 aliphatic rings. The van der Waals surface area contributed by atoms with Gasteiger partial charge in [0.1, 0.15) is 0 Å². The first-order valence-corrected chi connectivity index (χ1v) is 6.88. The molecule has 0 amide bonds. The van der Waals surface area contributed by atoms with Crippen molar-refractivity contribution in [2.24, 2.45) is 10.7 Å². The monoisotopic (exact) mass is 263 g/mol. The summed E-state index contributed by atoms with van der Waals surface area (Å²) < 4.78 is 5.45. The highest BCUT2D eigenvalue weighted by molar-refractivity contribution is 5.78. The lowest BCUT2D eigenvalue weighted by molar-refractivity contribution is 0.133. The molecular weight excluding hydrogens is 238 g/mol. The lowest BCUT2D eigenvalue weighted by atomic mass is 10.1. The van der Waals surface area contributed by atoms with Crippen molar-refractivity contribution in [1.29, 1.82) is 0 Å². The zero-order valence-electron chi connectivity index (χ0n) is 12.1. The lowest BCUT2D eigenvalue weighted by Gasteiger charge is -2.12. The molecule has 106 valence electrons. The van der Waals surface area contributed by atoms with E-state index in [0.29, 0.717) is 25.2 Å². The van der Waals surface area contributed by atoms with Gasteiger partial charge in [0.2, 0.25) is 0 Å². The second kappa shape index (κ2) is 8.53. The number of hydrogen-bond acceptors (Lipinski definition) is 2. The predicted molar refractivity (Wildman–Crippen MR) is 80.0 cm³/mol. The van der Waals surface area contributed by atoms with Crippen LogP contribution in [0.2, 0.25) is 0 Å². The van der Waals surface area contributed by atoms with Gasteiger partial charge in [-0.15, -0.1) is 0 Å². The molecule has 0 fully saturated rings. The van der Waals surface area contributed by atoms with Crippen molar-refractivity contribution in [2.75, 3.05) is 6.61 Å². The van der Waals surface area contributed by atoms with Crippen molar-refractivity contribution in [2.45, 2.75) is 46.4 Å². The molecule has 4 nitrogen and oxygen atoms in total. The third-order valence-corrected chi connectivity index (χ3v) is 3.01. The van der Waals surface area contributed by atoms with E-state index in [1.54, 1.807) is 0 Å². The Kier molecular flexibility index (Phi) is 6.97. The average Bonchev–Trinajstić information content (AvgIpc) is 2.43. The van der Waals surface area contributed by atoms with E-state index in [1.807, 2.05) is 19.1 Å². The zero-order chi connectivity index (χ0) is 14.1. The van der Waals surface area contributed by atoms with Gasteiger partial charge >= 0.3 is 0 Å². The standard InChI is InChI=1S/C15H25N3O/c1-4-12(3)18-15(16)17-10-13-8-6-7-9-14(13)11-19-5-2/h6-9,12H,4-5,10-11H2,1-3H3,(H3,16,17,18)/t12-/m1/s1. The minimum absolute atomic E-state index is 0.349. The second-order valence-corrected chi connectivity index (χ2v) is 4.56. The summed E-state index contributed by atoms with van der Waals surface area (Å²) in [6, 6.07) is 8.51. The molecule has 0 radical (unpaired) electrons. The van der Waals surface area contributed by atoms with Crippen LogP contribution in [-0.2, 0) is 17.9 Å². The average molecular weight is 263 g/mol. The van der Waals surface area contributed by atoms with Crippen LogP contribution >= 0.6 is 0 Å². The van der Waals surface area contributed by atoms with Crippen LogP contribution in [0, 0.1) is 0 Å². The van der Waals surface area contributed by atoms with E-state index >= 15 is 0 Å².